The summed E-state index contributed by atoms with van der Waals surface area (Å²) < 4.78 is 0. The summed E-state index contributed by atoms with van der Waals surface area (Å²) in [5, 5.41) is 13.3. The minimum atomic E-state index is -0.516. The Morgan fingerprint density at radius 1 is 1.53 bits per heavy atom. The summed E-state index contributed by atoms with van der Waals surface area (Å²) in [5.74, 6) is -0.331. The van der Waals surface area contributed by atoms with Crippen LogP contribution in [-0.4, -0.2) is 22.8 Å². The van der Waals surface area contributed by atoms with E-state index in [1.165, 1.54) is 12.1 Å². The predicted molar refractivity (Wildman–Crippen MR) is 74.7 cm³/mol. The first kappa shape index (κ1) is 15.4. The maximum absolute atomic E-state index is 12.0. The molecule has 19 heavy (non-hydrogen) atoms. The SMILES string of the molecule is CCCC(Cl)CNC(=O)c1cc([N+](=O)[O-])ccc1C. The third-order valence-corrected chi connectivity index (χ3v) is 3.14. The van der Waals surface area contributed by atoms with Gasteiger partial charge in [0, 0.05) is 24.2 Å². The van der Waals surface area contributed by atoms with Crippen LogP contribution in [0.1, 0.15) is 35.7 Å². The first-order valence-electron chi connectivity index (χ1n) is 6.13. The van der Waals surface area contributed by atoms with E-state index >= 15 is 0 Å². The zero-order chi connectivity index (χ0) is 14.4. The molecule has 0 aliphatic rings. The molecule has 1 atom stereocenters. The van der Waals surface area contributed by atoms with E-state index in [0.29, 0.717) is 17.7 Å². The Bertz CT molecular complexity index is 477. The molecular weight excluding hydrogens is 268 g/mol. The highest BCUT2D eigenvalue weighted by molar-refractivity contribution is 6.20. The van der Waals surface area contributed by atoms with Gasteiger partial charge in [0.1, 0.15) is 0 Å². The lowest BCUT2D eigenvalue weighted by Gasteiger charge is -2.11. The fourth-order valence-electron chi connectivity index (χ4n) is 1.68. The zero-order valence-corrected chi connectivity index (χ0v) is 11.7. The molecule has 104 valence electrons. The summed E-state index contributed by atoms with van der Waals surface area (Å²) in [7, 11) is 0. The fraction of sp³-hybridized carbons (Fsp3) is 0.462. The molecule has 0 aliphatic carbocycles. The lowest BCUT2D eigenvalue weighted by atomic mass is 10.1. The molecule has 0 radical (unpaired) electrons. The first-order valence-corrected chi connectivity index (χ1v) is 6.56. The smallest absolute Gasteiger partial charge is 0.270 e. The number of hydrogen-bond acceptors (Lipinski definition) is 3. The van der Waals surface area contributed by atoms with E-state index in [9.17, 15) is 14.9 Å². The number of amides is 1. The van der Waals surface area contributed by atoms with Gasteiger partial charge in [-0.3, -0.25) is 14.9 Å². The number of nitro groups is 1. The molecule has 0 spiro atoms. The van der Waals surface area contributed by atoms with Crippen molar-refractivity contribution < 1.29 is 9.72 Å². The molecule has 0 fully saturated rings. The van der Waals surface area contributed by atoms with Gasteiger partial charge in [-0.2, -0.15) is 0 Å². The molecule has 0 saturated carbocycles. The van der Waals surface area contributed by atoms with Crippen molar-refractivity contribution in [1.82, 2.24) is 5.32 Å². The molecule has 6 heteroatoms. The molecule has 0 aliphatic heterocycles. The van der Waals surface area contributed by atoms with E-state index in [0.717, 1.165) is 12.8 Å². The number of carbonyl (C=O) groups is 1. The van der Waals surface area contributed by atoms with Crippen LogP contribution in [0.15, 0.2) is 18.2 Å². The van der Waals surface area contributed by atoms with Crippen molar-refractivity contribution in [3.05, 3.63) is 39.4 Å². The number of aryl methyl sites for hydroxylation is 1. The number of carbonyl (C=O) groups excluding carboxylic acids is 1. The lowest BCUT2D eigenvalue weighted by molar-refractivity contribution is -0.384. The average Bonchev–Trinajstić information content (AvgIpc) is 2.36. The quantitative estimate of drug-likeness (QED) is 0.496. The molecule has 1 amide bonds. The molecule has 1 aromatic carbocycles. The fourth-order valence-corrected chi connectivity index (χ4v) is 1.98. The molecule has 0 heterocycles. The number of alkyl halides is 1. The number of rotatable bonds is 6. The third-order valence-electron chi connectivity index (χ3n) is 2.76. The van der Waals surface area contributed by atoms with Crippen molar-refractivity contribution in [2.24, 2.45) is 0 Å². The summed E-state index contributed by atoms with van der Waals surface area (Å²) in [6, 6.07) is 4.23. The van der Waals surface area contributed by atoms with Crippen LogP contribution in [0, 0.1) is 17.0 Å². The Kier molecular flexibility index (Phi) is 5.76. The molecular formula is C13H17ClN2O3. The van der Waals surface area contributed by atoms with Crippen LogP contribution in [0.3, 0.4) is 0 Å². The molecule has 1 N–H and O–H groups in total. The molecule has 1 unspecified atom stereocenters. The Morgan fingerprint density at radius 3 is 2.79 bits per heavy atom. The van der Waals surface area contributed by atoms with Crippen LogP contribution < -0.4 is 5.32 Å². The minimum Gasteiger partial charge on any atom is -0.351 e. The maximum atomic E-state index is 12.0. The van der Waals surface area contributed by atoms with Gasteiger partial charge in [-0.25, -0.2) is 0 Å². The number of halogens is 1. The highest BCUT2D eigenvalue weighted by Gasteiger charge is 2.15. The number of nitrogens with zero attached hydrogens (tertiary/aromatic N) is 1. The second-order valence-electron chi connectivity index (χ2n) is 4.35. The zero-order valence-electron chi connectivity index (χ0n) is 11.0. The Labute approximate surface area is 117 Å². The highest BCUT2D eigenvalue weighted by Crippen LogP contribution is 2.17. The molecule has 0 bridgehead atoms. The third kappa shape index (κ3) is 4.52. The largest absolute Gasteiger partial charge is 0.351 e. The number of hydrogen-bond donors (Lipinski definition) is 1. The molecule has 1 aromatic rings. The monoisotopic (exact) mass is 284 g/mol. The topological polar surface area (TPSA) is 72.2 Å². The molecule has 5 nitrogen and oxygen atoms in total. The van der Waals surface area contributed by atoms with Crippen molar-refractivity contribution in [2.45, 2.75) is 32.1 Å². The van der Waals surface area contributed by atoms with Crippen molar-refractivity contribution in [3.8, 4) is 0 Å². The van der Waals surface area contributed by atoms with E-state index in [2.05, 4.69) is 5.32 Å². The van der Waals surface area contributed by atoms with E-state index < -0.39 is 4.92 Å². The van der Waals surface area contributed by atoms with Crippen molar-refractivity contribution >= 4 is 23.2 Å². The minimum absolute atomic E-state index is 0.0910. The van der Waals surface area contributed by atoms with Crippen LogP contribution in [0.5, 0.6) is 0 Å². The van der Waals surface area contributed by atoms with Crippen molar-refractivity contribution in [1.29, 1.82) is 0 Å². The van der Waals surface area contributed by atoms with Gasteiger partial charge < -0.3 is 5.32 Å². The normalized spacial score (nSPS) is 11.9. The summed E-state index contributed by atoms with van der Waals surface area (Å²) in [4.78, 5) is 22.1. The van der Waals surface area contributed by atoms with Gasteiger partial charge in [0.05, 0.1) is 10.3 Å². The summed E-state index contributed by atoms with van der Waals surface area (Å²) in [6.07, 6.45) is 1.76. The highest BCUT2D eigenvalue weighted by atomic mass is 35.5. The van der Waals surface area contributed by atoms with E-state index in [1.807, 2.05) is 6.92 Å². The van der Waals surface area contributed by atoms with Crippen LogP contribution in [0.25, 0.3) is 0 Å². The van der Waals surface area contributed by atoms with E-state index in [-0.39, 0.29) is 17.0 Å². The van der Waals surface area contributed by atoms with Crippen LogP contribution >= 0.6 is 11.6 Å². The second-order valence-corrected chi connectivity index (χ2v) is 4.97. The number of benzene rings is 1. The van der Waals surface area contributed by atoms with Gasteiger partial charge in [0.25, 0.3) is 11.6 Å². The van der Waals surface area contributed by atoms with E-state index in [1.54, 1.807) is 13.0 Å². The van der Waals surface area contributed by atoms with Gasteiger partial charge in [0.15, 0.2) is 0 Å². The Balaban J connectivity index is 2.76. The van der Waals surface area contributed by atoms with Crippen LogP contribution in [-0.2, 0) is 0 Å². The summed E-state index contributed by atoms with van der Waals surface area (Å²) in [6.45, 7) is 4.11. The Morgan fingerprint density at radius 2 is 2.21 bits per heavy atom. The number of non-ortho nitro benzene ring substituents is 1. The molecule has 0 aromatic heterocycles. The number of nitrogens with one attached hydrogen (secondary N) is 1. The molecule has 1 rings (SSSR count). The maximum Gasteiger partial charge on any atom is 0.270 e. The summed E-state index contributed by atoms with van der Waals surface area (Å²) >= 11 is 6.01. The Hall–Kier alpha value is -1.62. The van der Waals surface area contributed by atoms with Gasteiger partial charge in [-0.05, 0) is 18.9 Å². The average molecular weight is 285 g/mol. The van der Waals surface area contributed by atoms with Crippen LogP contribution in [0.4, 0.5) is 5.69 Å². The predicted octanol–water partition coefficient (Wildman–Crippen LogP) is 3.04. The lowest BCUT2D eigenvalue weighted by Crippen LogP contribution is -2.30. The van der Waals surface area contributed by atoms with Crippen LogP contribution in [0.2, 0.25) is 0 Å². The summed E-state index contributed by atoms with van der Waals surface area (Å²) in [5.41, 5.74) is 0.922. The standard InChI is InChI=1S/C13H17ClN2O3/c1-3-4-10(14)8-15-13(17)12-7-11(16(18)19)6-5-9(12)2/h5-7,10H,3-4,8H2,1-2H3,(H,15,17). The van der Waals surface area contributed by atoms with Crippen molar-refractivity contribution in [2.75, 3.05) is 6.54 Å². The van der Waals surface area contributed by atoms with Gasteiger partial charge >= 0.3 is 0 Å². The van der Waals surface area contributed by atoms with Crippen molar-refractivity contribution in [3.63, 3.8) is 0 Å². The second kappa shape index (κ2) is 7.09. The first-order chi connectivity index (χ1) is 8.95. The van der Waals surface area contributed by atoms with Gasteiger partial charge in [-0.1, -0.05) is 19.4 Å². The van der Waals surface area contributed by atoms with Gasteiger partial charge in [-0.15, -0.1) is 11.6 Å². The molecule has 0 saturated heterocycles. The van der Waals surface area contributed by atoms with E-state index in [4.69, 9.17) is 11.6 Å². The number of nitro benzene ring substituents is 1. The van der Waals surface area contributed by atoms with Gasteiger partial charge in [0.2, 0.25) is 0 Å².